The van der Waals surface area contributed by atoms with Crippen LogP contribution in [0.4, 0.5) is 11.4 Å². The summed E-state index contributed by atoms with van der Waals surface area (Å²) in [4.78, 5) is 44.5. The highest BCUT2D eigenvalue weighted by molar-refractivity contribution is 5.96. The number of nitrogens with zero attached hydrogens (tertiary/aromatic N) is 1. The van der Waals surface area contributed by atoms with Crippen molar-refractivity contribution < 1.29 is 24.0 Å². The molecule has 25 heavy (non-hydrogen) atoms. The highest BCUT2D eigenvalue weighted by Crippen LogP contribution is 2.21. The number of non-ortho nitro benzene ring substituents is 1. The van der Waals surface area contributed by atoms with Crippen LogP contribution < -0.4 is 5.32 Å². The second-order valence-corrected chi connectivity index (χ2v) is 5.12. The van der Waals surface area contributed by atoms with Gasteiger partial charge in [0.25, 0.3) is 11.6 Å². The fourth-order valence-corrected chi connectivity index (χ4v) is 1.96. The van der Waals surface area contributed by atoms with E-state index in [9.17, 15) is 24.5 Å². The van der Waals surface area contributed by atoms with E-state index < -0.39 is 23.4 Å². The van der Waals surface area contributed by atoms with E-state index in [0.29, 0.717) is 17.4 Å². The summed E-state index contributed by atoms with van der Waals surface area (Å²) in [7, 11) is 0. The Hall–Kier alpha value is -3.55. The fourth-order valence-electron chi connectivity index (χ4n) is 1.96. The summed E-state index contributed by atoms with van der Waals surface area (Å²) in [6.07, 6.45) is 0.643. The number of amides is 1. The molecule has 128 valence electrons. The van der Waals surface area contributed by atoms with Gasteiger partial charge in [0, 0.05) is 17.7 Å². The molecule has 0 aliphatic carbocycles. The predicted molar refractivity (Wildman–Crippen MR) is 88.6 cm³/mol. The number of carbonyl (C=O) groups excluding carboxylic acids is 3. The summed E-state index contributed by atoms with van der Waals surface area (Å²) in [6, 6.07) is 9.80. The zero-order valence-electron chi connectivity index (χ0n) is 13.2. The second-order valence-electron chi connectivity index (χ2n) is 5.12. The van der Waals surface area contributed by atoms with Crippen molar-refractivity contribution in [2.45, 2.75) is 6.92 Å². The van der Waals surface area contributed by atoms with Crippen molar-refractivity contribution in [1.29, 1.82) is 0 Å². The van der Waals surface area contributed by atoms with Crippen molar-refractivity contribution in [3.8, 4) is 0 Å². The van der Waals surface area contributed by atoms with Crippen molar-refractivity contribution in [2.24, 2.45) is 0 Å². The quantitative estimate of drug-likeness (QED) is 0.373. The summed E-state index contributed by atoms with van der Waals surface area (Å²) >= 11 is 0. The maximum Gasteiger partial charge on any atom is 0.338 e. The lowest BCUT2D eigenvalue weighted by Gasteiger charge is -2.09. The molecule has 8 heteroatoms. The number of rotatable bonds is 6. The van der Waals surface area contributed by atoms with Crippen LogP contribution in [0.5, 0.6) is 0 Å². The van der Waals surface area contributed by atoms with E-state index in [4.69, 9.17) is 4.74 Å². The average Bonchev–Trinajstić information content (AvgIpc) is 2.61. The number of nitrogens with one attached hydrogen (secondary N) is 1. The van der Waals surface area contributed by atoms with Crippen LogP contribution in [-0.4, -0.2) is 29.7 Å². The normalized spacial score (nSPS) is 9.96. The van der Waals surface area contributed by atoms with Crippen LogP contribution in [0.15, 0.2) is 42.5 Å². The topological polar surface area (TPSA) is 116 Å². The third-order valence-corrected chi connectivity index (χ3v) is 3.32. The molecule has 0 aliphatic rings. The summed E-state index contributed by atoms with van der Waals surface area (Å²) in [5.41, 5.74) is 1.36. The first-order chi connectivity index (χ1) is 11.9. The molecular formula is C17H14N2O6. The van der Waals surface area contributed by atoms with E-state index in [2.05, 4.69) is 5.32 Å². The van der Waals surface area contributed by atoms with Gasteiger partial charge in [0.15, 0.2) is 6.61 Å². The minimum atomic E-state index is -0.719. The predicted octanol–water partition coefficient (Wildman–Crippen LogP) is 2.51. The Morgan fingerprint density at radius 3 is 2.48 bits per heavy atom. The summed E-state index contributed by atoms with van der Waals surface area (Å²) in [5, 5.41) is 13.2. The van der Waals surface area contributed by atoms with Crippen LogP contribution in [-0.2, 0) is 9.53 Å². The molecule has 0 aromatic heterocycles. The molecule has 0 heterocycles. The van der Waals surface area contributed by atoms with Gasteiger partial charge in [-0.05, 0) is 24.6 Å². The lowest BCUT2D eigenvalue weighted by molar-refractivity contribution is -0.384. The third-order valence-electron chi connectivity index (χ3n) is 3.32. The van der Waals surface area contributed by atoms with Gasteiger partial charge in [-0.2, -0.15) is 0 Å². The Morgan fingerprint density at radius 1 is 1.20 bits per heavy atom. The molecule has 0 aliphatic heterocycles. The summed E-state index contributed by atoms with van der Waals surface area (Å²) in [6.45, 7) is 1.14. The number of aryl methyl sites for hydroxylation is 1. The van der Waals surface area contributed by atoms with E-state index in [-0.39, 0.29) is 16.9 Å². The molecule has 0 atom stereocenters. The number of aldehydes is 1. The Kier molecular flexibility index (Phi) is 5.57. The van der Waals surface area contributed by atoms with Crippen LogP contribution in [0.2, 0.25) is 0 Å². The van der Waals surface area contributed by atoms with E-state index in [1.54, 1.807) is 6.92 Å². The first kappa shape index (κ1) is 17.8. The van der Waals surface area contributed by atoms with Crippen LogP contribution >= 0.6 is 0 Å². The monoisotopic (exact) mass is 342 g/mol. The molecule has 0 saturated heterocycles. The van der Waals surface area contributed by atoms with Gasteiger partial charge in [0.05, 0.1) is 16.2 Å². The summed E-state index contributed by atoms with van der Waals surface area (Å²) in [5.74, 6) is -1.34. The minimum absolute atomic E-state index is 0.159. The first-order valence-corrected chi connectivity index (χ1v) is 7.18. The number of carbonyl (C=O) groups is 3. The van der Waals surface area contributed by atoms with E-state index >= 15 is 0 Å². The molecule has 1 N–H and O–H groups in total. The van der Waals surface area contributed by atoms with E-state index in [1.165, 1.54) is 42.5 Å². The number of hydrogen-bond donors (Lipinski definition) is 1. The van der Waals surface area contributed by atoms with Crippen LogP contribution in [0.3, 0.4) is 0 Å². The number of benzene rings is 2. The fraction of sp³-hybridized carbons (Fsp3) is 0.118. The molecule has 0 saturated carbocycles. The molecule has 0 unspecified atom stereocenters. The van der Waals surface area contributed by atoms with Crippen LogP contribution in [0, 0.1) is 17.0 Å². The van der Waals surface area contributed by atoms with E-state index in [1.807, 2.05) is 0 Å². The third kappa shape index (κ3) is 4.71. The maximum absolute atomic E-state index is 11.9. The Labute approximate surface area is 142 Å². The Morgan fingerprint density at radius 2 is 1.88 bits per heavy atom. The first-order valence-electron chi connectivity index (χ1n) is 7.18. The molecule has 2 aromatic rings. The largest absolute Gasteiger partial charge is 0.452 e. The van der Waals surface area contributed by atoms with Gasteiger partial charge >= 0.3 is 5.97 Å². The molecule has 0 bridgehead atoms. The van der Waals surface area contributed by atoms with Gasteiger partial charge in [-0.15, -0.1) is 0 Å². The number of esters is 1. The van der Waals surface area contributed by atoms with Crippen LogP contribution in [0.25, 0.3) is 0 Å². The van der Waals surface area contributed by atoms with Crippen molar-refractivity contribution in [3.05, 3.63) is 69.3 Å². The molecule has 0 radical (unpaired) electrons. The van der Waals surface area contributed by atoms with Gasteiger partial charge in [-0.25, -0.2) is 4.79 Å². The smallest absolute Gasteiger partial charge is 0.338 e. The van der Waals surface area contributed by atoms with Crippen molar-refractivity contribution in [1.82, 2.24) is 0 Å². The van der Waals surface area contributed by atoms with E-state index in [0.717, 1.165) is 0 Å². The number of nitro benzene ring substituents is 1. The molecule has 8 nitrogen and oxygen atoms in total. The summed E-state index contributed by atoms with van der Waals surface area (Å²) < 4.78 is 4.88. The minimum Gasteiger partial charge on any atom is -0.452 e. The number of anilines is 1. The average molecular weight is 342 g/mol. The van der Waals surface area contributed by atoms with Gasteiger partial charge in [0.1, 0.15) is 6.29 Å². The molecular weight excluding hydrogens is 328 g/mol. The second kappa shape index (κ2) is 7.82. The molecule has 2 rings (SSSR count). The standard InChI is InChI=1S/C17H14N2O6/c1-11-2-7-14(19(23)24)8-15(11)18-16(21)10-25-17(22)13-5-3-12(9-20)4-6-13/h2-9H,10H2,1H3,(H,18,21). The molecule has 0 spiro atoms. The maximum atomic E-state index is 11.9. The lowest BCUT2D eigenvalue weighted by atomic mass is 10.1. The molecule has 1 amide bonds. The van der Waals surface area contributed by atoms with Gasteiger partial charge in [-0.3, -0.25) is 19.7 Å². The zero-order valence-corrected chi connectivity index (χ0v) is 13.2. The molecule has 2 aromatic carbocycles. The van der Waals surface area contributed by atoms with Crippen molar-refractivity contribution in [3.63, 3.8) is 0 Å². The highest BCUT2D eigenvalue weighted by atomic mass is 16.6. The van der Waals surface area contributed by atoms with Crippen molar-refractivity contribution in [2.75, 3.05) is 11.9 Å². The SMILES string of the molecule is Cc1ccc([N+](=O)[O-])cc1NC(=O)COC(=O)c1ccc(C=O)cc1. The zero-order chi connectivity index (χ0) is 18.4. The molecule has 0 fully saturated rings. The van der Waals surface area contributed by atoms with Crippen molar-refractivity contribution >= 4 is 29.5 Å². The Bertz CT molecular complexity index is 830. The van der Waals surface area contributed by atoms with Gasteiger partial charge < -0.3 is 10.1 Å². The van der Waals surface area contributed by atoms with Crippen LogP contribution in [0.1, 0.15) is 26.3 Å². The van der Waals surface area contributed by atoms with Gasteiger partial charge in [-0.1, -0.05) is 18.2 Å². The highest BCUT2D eigenvalue weighted by Gasteiger charge is 2.13. The lowest BCUT2D eigenvalue weighted by Crippen LogP contribution is -2.21. The number of ether oxygens (including phenoxy) is 1. The van der Waals surface area contributed by atoms with Gasteiger partial charge in [0.2, 0.25) is 0 Å². The number of hydrogen-bond acceptors (Lipinski definition) is 6. The Balaban J connectivity index is 1.96. The number of nitro groups is 1.